The normalized spacial score (nSPS) is 15.4. The number of hydrogen-bond acceptors (Lipinski definition) is 3. The Labute approximate surface area is 106 Å². The second kappa shape index (κ2) is 4.67. The minimum absolute atomic E-state index is 0.800. The van der Waals surface area contributed by atoms with E-state index in [9.17, 15) is 0 Å². The van der Waals surface area contributed by atoms with Crippen molar-refractivity contribution < 1.29 is 4.74 Å². The Bertz CT molecular complexity index is 516. The molecule has 0 spiro atoms. The molecule has 0 bridgehead atoms. The van der Waals surface area contributed by atoms with E-state index < -0.39 is 0 Å². The topological polar surface area (TPSA) is 21.3 Å². The number of fused-ring (bicyclic) bond motifs is 1. The summed E-state index contributed by atoms with van der Waals surface area (Å²) in [6.07, 6.45) is 3.83. The van der Waals surface area contributed by atoms with Crippen LogP contribution in [0.1, 0.15) is 18.4 Å². The molecule has 1 aromatic carbocycles. The van der Waals surface area contributed by atoms with E-state index in [0.29, 0.717) is 0 Å². The van der Waals surface area contributed by atoms with E-state index in [2.05, 4.69) is 22.8 Å². The molecule has 1 saturated carbocycles. The quantitative estimate of drug-likeness (QED) is 0.876. The summed E-state index contributed by atoms with van der Waals surface area (Å²) in [4.78, 5) is 0. The molecule has 1 fully saturated rings. The van der Waals surface area contributed by atoms with Crippen molar-refractivity contribution in [2.24, 2.45) is 0 Å². The minimum Gasteiger partial charge on any atom is -0.497 e. The van der Waals surface area contributed by atoms with Crippen LogP contribution in [0.25, 0.3) is 10.1 Å². The van der Waals surface area contributed by atoms with Gasteiger partial charge in [-0.15, -0.1) is 11.3 Å². The predicted octanol–water partition coefficient (Wildman–Crippen LogP) is 3.20. The van der Waals surface area contributed by atoms with E-state index in [4.69, 9.17) is 4.74 Å². The largest absolute Gasteiger partial charge is 0.497 e. The first kappa shape index (κ1) is 11.1. The Hall–Kier alpha value is -1.06. The molecule has 17 heavy (non-hydrogen) atoms. The lowest BCUT2D eigenvalue weighted by molar-refractivity contribution is 0.415. The van der Waals surface area contributed by atoms with Crippen molar-refractivity contribution in [2.75, 3.05) is 13.7 Å². The summed E-state index contributed by atoms with van der Waals surface area (Å²) in [5.41, 5.74) is 1.44. The van der Waals surface area contributed by atoms with Crippen LogP contribution < -0.4 is 10.1 Å². The number of nitrogens with one attached hydrogen (secondary N) is 1. The molecule has 0 unspecified atom stereocenters. The molecule has 1 heterocycles. The fourth-order valence-corrected chi connectivity index (χ4v) is 3.06. The SMILES string of the molecule is COc1ccc2scc(CCNC3CC3)c2c1. The summed E-state index contributed by atoms with van der Waals surface area (Å²) in [5.74, 6) is 0.951. The lowest BCUT2D eigenvalue weighted by atomic mass is 10.1. The molecule has 1 aliphatic carbocycles. The average Bonchev–Trinajstić information content (AvgIpc) is 3.10. The number of thiophene rings is 1. The lowest BCUT2D eigenvalue weighted by Crippen LogP contribution is -2.19. The van der Waals surface area contributed by atoms with Crippen LogP contribution in [0.2, 0.25) is 0 Å². The number of benzene rings is 1. The van der Waals surface area contributed by atoms with Gasteiger partial charge in [0.05, 0.1) is 7.11 Å². The first-order chi connectivity index (χ1) is 8.36. The van der Waals surface area contributed by atoms with Crippen LogP contribution in [-0.4, -0.2) is 19.7 Å². The molecule has 1 aliphatic rings. The molecule has 0 aliphatic heterocycles. The maximum absolute atomic E-state index is 5.29. The molecule has 2 nitrogen and oxygen atoms in total. The van der Waals surface area contributed by atoms with Gasteiger partial charge in [-0.2, -0.15) is 0 Å². The van der Waals surface area contributed by atoms with E-state index in [0.717, 1.165) is 24.8 Å². The Morgan fingerprint density at radius 3 is 3.06 bits per heavy atom. The molecule has 3 rings (SSSR count). The standard InChI is InChI=1S/C14H17NOS/c1-16-12-4-5-14-13(8-12)10(9-17-14)6-7-15-11-2-3-11/h4-5,8-9,11,15H,2-3,6-7H2,1H3. The van der Waals surface area contributed by atoms with Crippen molar-refractivity contribution in [3.63, 3.8) is 0 Å². The summed E-state index contributed by atoms with van der Waals surface area (Å²) in [6.45, 7) is 1.09. The number of ether oxygens (including phenoxy) is 1. The van der Waals surface area contributed by atoms with Crippen molar-refractivity contribution in [3.05, 3.63) is 29.1 Å². The number of hydrogen-bond donors (Lipinski definition) is 1. The fourth-order valence-electron chi connectivity index (χ4n) is 2.08. The number of rotatable bonds is 5. The zero-order valence-electron chi connectivity index (χ0n) is 10.0. The van der Waals surface area contributed by atoms with Crippen molar-refractivity contribution in [1.82, 2.24) is 5.32 Å². The molecule has 2 aromatic rings. The van der Waals surface area contributed by atoms with Crippen LogP contribution in [0.15, 0.2) is 23.6 Å². The van der Waals surface area contributed by atoms with Crippen molar-refractivity contribution >= 4 is 21.4 Å². The Morgan fingerprint density at radius 2 is 2.29 bits per heavy atom. The summed E-state index contributed by atoms with van der Waals surface area (Å²) in [6, 6.07) is 7.13. The van der Waals surface area contributed by atoms with E-state index in [1.54, 1.807) is 7.11 Å². The van der Waals surface area contributed by atoms with Gasteiger partial charge in [-0.3, -0.25) is 0 Å². The van der Waals surface area contributed by atoms with Crippen LogP contribution in [0.5, 0.6) is 5.75 Å². The van der Waals surface area contributed by atoms with Crippen LogP contribution in [0.4, 0.5) is 0 Å². The Morgan fingerprint density at radius 1 is 1.41 bits per heavy atom. The molecule has 90 valence electrons. The van der Waals surface area contributed by atoms with Crippen LogP contribution in [-0.2, 0) is 6.42 Å². The van der Waals surface area contributed by atoms with Gasteiger partial charge in [0.2, 0.25) is 0 Å². The molecule has 1 aromatic heterocycles. The van der Waals surface area contributed by atoms with Gasteiger partial charge in [-0.25, -0.2) is 0 Å². The highest BCUT2D eigenvalue weighted by molar-refractivity contribution is 7.17. The summed E-state index contributed by atoms with van der Waals surface area (Å²) >= 11 is 1.82. The third-order valence-electron chi connectivity index (χ3n) is 3.27. The molecular formula is C14H17NOS. The average molecular weight is 247 g/mol. The Balaban J connectivity index is 1.77. The van der Waals surface area contributed by atoms with Gasteiger partial charge in [0.15, 0.2) is 0 Å². The highest BCUT2D eigenvalue weighted by Crippen LogP contribution is 2.29. The molecule has 1 N–H and O–H groups in total. The first-order valence-electron chi connectivity index (χ1n) is 6.14. The van der Waals surface area contributed by atoms with Gasteiger partial charge < -0.3 is 10.1 Å². The number of methoxy groups -OCH3 is 1. The maximum atomic E-state index is 5.29. The molecule has 0 saturated heterocycles. The smallest absolute Gasteiger partial charge is 0.119 e. The summed E-state index contributed by atoms with van der Waals surface area (Å²) in [7, 11) is 1.72. The summed E-state index contributed by atoms with van der Waals surface area (Å²) < 4.78 is 6.64. The predicted molar refractivity (Wildman–Crippen MR) is 73.1 cm³/mol. The second-order valence-corrected chi connectivity index (χ2v) is 5.51. The van der Waals surface area contributed by atoms with Crippen molar-refractivity contribution in [3.8, 4) is 5.75 Å². The third kappa shape index (κ3) is 2.45. The molecular weight excluding hydrogens is 230 g/mol. The lowest BCUT2D eigenvalue weighted by Gasteiger charge is -2.03. The van der Waals surface area contributed by atoms with Crippen LogP contribution >= 0.6 is 11.3 Å². The van der Waals surface area contributed by atoms with E-state index in [-0.39, 0.29) is 0 Å². The van der Waals surface area contributed by atoms with Gasteiger partial charge in [-0.05, 0) is 60.3 Å². The van der Waals surface area contributed by atoms with E-state index in [1.807, 2.05) is 17.4 Å². The van der Waals surface area contributed by atoms with Crippen LogP contribution in [0, 0.1) is 0 Å². The van der Waals surface area contributed by atoms with E-state index >= 15 is 0 Å². The van der Waals surface area contributed by atoms with E-state index in [1.165, 1.54) is 28.5 Å². The maximum Gasteiger partial charge on any atom is 0.119 e. The van der Waals surface area contributed by atoms with Gasteiger partial charge in [0, 0.05) is 10.7 Å². The first-order valence-corrected chi connectivity index (χ1v) is 7.02. The molecule has 0 atom stereocenters. The van der Waals surface area contributed by atoms with Crippen molar-refractivity contribution in [2.45, 2.75) is 25.3 Å². The highest BCUT2D eigenvalue weighted by Gasteiger charge is 2.19. The zero-order valence-corrected chi connectivity index (χ0v) is 10.8. The molecule has 0 amide bonds. The van der Waals surface area contributed by atoms with Gasteiger partial charge in [0.1, 0.15) is 5.75 Å². The molecule has 0 radical (unpaired) electrons. The molecule has 3 heteroatoms. The van der Waals surface area contributed by atoms with Gasteiger partial charge in [-0.1, -0.05) is 0 Å². The minimum atomic E-state index is 0.800. The highest BCUT2D eigenvalue weighted by atomic mass is 32.1. The van der Waals surface area contributed by atoms with Gasteiger partial charge >= 0.3 is 0 Å². The second-order valence-electron chi connectivity index (χ2n) is 4.60. The zero-order chi connectivity index (χ0) is 11.7. The third-order valence-corrected chi connectivity index (χ3v) is 4.28. The van der Waals surface area contributed by atoms with Gasteiger partial charge in [0.25, 0.3) is 0 Å². The Kier molecular flexibility index (Phi) is 3.04. The van der Waals surface area contributed by atoms with Crippen LogP contribution in [0.3, 0.4) is 0 Å². The monoisotopic (exact) mass is 247 g/mol. The fraction of sp³-hybridized carbons (Fsp3) is 0.429. The van der Waals surface area contributed by atoms with Crippen molar-refractivity contribution in [1.29, 1.82) is 0 Å². The summed E-state index contributed by atoms with van der Waals surface area (Å²) in [5, 5.41) is 7.19.